The number of nitrogen functional groups attached to an aromatic ring is 1. The Kier molecular flexibility index (Phi) is 3.00. The minimum atomic E-state index is 0.198. The molecule has 2 aromatic heterocycles. The van der Waals surface area contributed by atoms with Gasteiger partial charge in [-0.1, -0.05) is 0 Å². The van der Waals surface area contributed by atoms with Crippen LogP contribution in [-0.4, -0.2) is 31.2 Å². The number of aryl methyl sites for hydroxylation is 2. The molecule has 0 aromatic carbocycles. The Morgan fingerprint density at radius 3 is 2.94 bits per heavy atom. The van der Waals surface area contributed by atoms with Gasteiger partial charge >= 0.3 is 0 Å². The molecule has 0 aliphatic rings. The van der Waals surface area contributed by atoms with Crippen molar-refractivity contribution in [3.8, 4) is 0 Å². The first-order valence-corrected chi connectivity index (χ1v) is 5.26. The maximum atomic E-state index is 8.70. The van der Waals surface area contributed by atoms with E-state index in [0.29, 0.717) is 17.2 Å². The molecule has 0 aliphatic heterocycles. The lowest BCUT2D eigenvalue weighted by Crippen LogP contribution is -2.03. The van der Waals surface area contributed by atoms with Crippen molar-refractivity contribution in [2.75, 3.05) is 12.3 Å². The maximum Gasteiger partial charge on any atom is 0.165 e. The number of nitrogens with zero attached hydrogens (tertiary/aromatic N) is 4. The molecule has 0 aliphatic carbocycles. The van der Waals surface area contributed by atoms with Crippen molar-refractivity contribution in [1.82, 2.24) is 19.5 Å². The Balaban J connectivity index is 2.29. The summed E-state index contributed by atoms with van der Waals surface area (Å²) in [6, 6.07) is 0. The zero-order valence-electron chi connectivity index (χ0n) is 9.22. The predicted molar refractivity (Wildman–Crippen MR) is 60.7 cm³/mol. The van der Waals surface area contributed by atoms with Gasteiger partial charge in [-0.05, 0) is 12.8 Å². The Morgan fingerprint density at radius 1 is 1.38 bits per heavy atom. The van der Waals surface area contributed by atoms with Crippen LogP contribution in [0.1, 0.15) is 18.7 Å². The number of aliphatic hydroxyl groups is 1. The minimum Gasteiger partial charge on any atom is -0.396 e. The molecular weight excluding hydrogens is 206 g/mol. The second kappa shape index (κ2) is 4.44. The lowest BCUT2D eigenvalue weighted by Gasteiger charge is -2.02. The Hall–Kier alpha value is -1.69. The molecule has 0 radical (unpaired) electrons. The summed E-state index contributed by atoms with van der Waals surface area (Å²) in [5.74, 6) is 1.13. The fraction of sp³-hybridized carbons (Fsp3) is 0.500. The van der Waals surface area contributed by atoms with Crippen molar-refractivity contribution in [2.45, 2.75) is 19.3 Å². The van der Waals surface area contributed by atoms with Gasteiger partial charge in [-0.2, -0.15) is 0 Å². The molecule has 0 atom stereocenters. The van der Waals surface area contributed by atoms with Crippen LogP contribution in [0.25, 0.3) is 11.2 Å². The van der Waals surface area contributed by atoms with Gasteiger partial charge < -0.3 is 15.4 Å². The van der Waals surface area contributed by atoms with E-state index < -0.39 is 0 Å². The Labute approximate surface area is 93.1 Å². The summed E-state index contributed by atoms with van der Waals surface area (Å²) in [4.78, 5) is 12.7. The summed E-state index contributed by atoms with van der Waals surface area (Å²) < 4.78 is 1.82. The second-order valence-electron chi connectivity index (χ2n) is 3.73. The molecule has 16 heavy (non-hydrogen) atoms. The third-order valence-corrected chi connectivity index (χ3v) is 2.44. The molecule has 3 N–H and O–H groups in total. The predicted octanol–water partition coefficient (Wildman–Crippen LogP) is 0.260. The third-order valence-electron chi connectivity index (χ3n) is 2.44. The van der Waals surface area contributed by atoms with Crippen LogP contribution in [0.3, 0.4) is 0 Å². The molecule has 2 aromatic rings. The van der Waals surface area contributed by atoms with E-state index in [2.05, 4.69) is 15.0 Å². The molecule has 0 saturated carbocycles. The first-order chi connectivity index (χ1) is 7.72. The molecule has 86 valence electrons. The number of anilines is 1. The largest absolute Gasteiger partial charge is 0.396 e. The average molecular weight is 221 g/mol. The molecule has 6 nitrogen and oxygen atoms in total. The normalized spacial score (nSPS) is 11.1. The van der Waals surface area contributed by atoms with E-state index in [-0.39, 0.29) is 6.61 Å². The van der Waals surface area contributed by atoms with Gasteiger partial charge in [0.15, 0.2) is 11.5 Å². The number of unbranched alkanes of at least 4 members (excludes halogenated alkanes) is 1. The quantitative estimate of drug-likeness (QED) is 0.723. The van der Waals surface area contributed by atoms with Crippen molar-refractivity contribution in [2.24, 2.45) is 7.05 Å². The van der Waals surface area contributed by atoms with E-state index in [1.54, 1.807) is 6.33 Å². The van der Waals surface area contributed by atoms with E-state index in [0.717, 1.165) is 24.9 Å². The van der Waals surface area contributed by atoms with Gasteiger partial charge in [-0.3, -0.25) is 0 Å². The lowest BCUT2D eigenvalue weighted by molar-refractivity contribution is 0.284. The lowest BCUT2D eigenvalue weighted by atomic mass is 10.2. The highest BCUT2D eigenvalue weighted by atomic mass is 16.2. The smallest absolute Gasteiger partial charge is 0.165 e. The number of hydrogen-bond donors (Lipinski definition) is 2. The van der Waals surface area contributed by atoms with Crippen LogP contribution in [0.15, 0.2) is 6.33 Å². The zero-order valence-corrected chi connectivity index (χ0v) is 9.22. The molecule has 0 spiro atoms. The van der Waals surface area contributed by atoms with Crippen LogP contribution in [0, 0.1) is 0 Å². The van der Waals surface area contributed by atoms with Gasteiger partial charge in [-0.25, -0.2) is 15.0 Å². The van der Waals surface area contributed by atoms with Crippen molar-refractivity contribution in [1.29, 1.82) is 0 Å². The molecule has 0 saturated heterocycles. The molecular formula is C10H15N5O. The number of aliphatic hydroxyl groups excluding tert-OH is 1. The number of hydrogen-bond acceptors (Lipinski definition) is 5. The highest BCUT2D eigenvalue weighted by Gasteiger charge is 2.08. The number of nitrogens with two attached hydrogens (primary N) is 1. The highest BCUT2D eigenvalue weighted by Crippen LogP contribution is 2.15. The van der Waals surface area contributed by atoms with Crippen LogP contribution in [-0.2, 0) is 13.5 Å². The van der Waals surface area contributed by atoms with Crippen molar-refractivity contribution < 1.29 is 5.11 Å². The monoisotopic (exact) mass is 221 g/mol. The van der Waals surface area contributed by atoms with Gasteiger partial charge in [0.1, 0.15) is 11.3 Å². The van der Waals surface area contributed by atoms with Crippen LogP contribution in [0.2, 0.25) is 0 Å². The summed E-state index contributed by atoms with van der Waals surface area (Å²) in [6.07, 6.45) is 4.02. The van der Waals surface area contributed by atoms with Crippen LogP contribution >= 0.6 is 0 Å². The van der Waals surface area contributed by atoms with Crippen LogP contribution in [0.5, 0.6) is 0 Å². The minimum absolute atomic E-state index is 0.198. The number of fused-ring (bicyclic) bond motifs is 1. The molecule has 0 amide bonds. The third kappa shape index (κ3) is 1.96. The molecule has 0 unspecified atom stereocenters. The SMILES string of the molecule is Cn1cnc2c(N)nc(CCCCO)nc21. The van der Waals surface area contributed by atoms with Crippen LogP contribution < -0.4 is 5.73 Å². The molecule has 0 bridgehead atoms. The van der Waals surface area contributed by atoms with Crippen molar-refractivity contribution in [3.63, 3.8) is 0 Å². The zero-order chi connectivity index (χ0) is 11.5. The average Bonchev–Trinajstić information content (AvgIpc) is 2.62. The van der Waals surface area contributed by atoms with Crippen molar-refractivity contribution in [3.05, 3.63) is 12.2 Å². The van der Waals surface area contributed by atoms with Gasteiger partial charge in [0, 0.05) is 20.1 Å². The Bertz CT molecular complexity index is 493. The summed E-state index contributed by atoms with van der Waals surface area (Å²) >= 11 is 0. The number of aromatic nitrogens is 4. The van der Waals surface area contributed by atoms with E-state index in [9.17, 15) is 0 Å². The molecule has 6 heteroatoms. The van der Waals surface area contributed by atoms with Gasteiger partial charge in [-0.15, -0.1) is 0 Å². The van der Waals surface area contributed by atoms with Gasteiger partial charge in [0.2, 0.25) is 0 Å². The van der Waals surface area contributed by atoms with E-state index >= 15 is 0 Å². The van der Waals surface area contributed by atoms with Gasteiger partial charge in [0.05, 0.1) is 6.33 Å². The topological polar surface area (TPSA) is 89.9 Å². The van der Waals surface area contributed by atoms with Gasteiger partial charge in [0.25, 0.3) is 0 Å². The van der Waals surface area contributed by atoms with Crippen molar-refractivity contribution >= 4 is 17.0 Å². The summed E-state index contributed by atoms with van der Waals surface area (Å²) in [5.41, 5.74) is 7.20. The van der Waals surface area contributed by atoms with Crippen LogP contribution in [0.4, 0.5) is 5.82 Å². The highest BCUT2D eigenvalue weighted by molar-refractivity contribution is 5.81. The fourth-order valence-electron chi connectivity index (χ4n) is 1.58. The maximum absolute atomic E-state index is 8.70. The molecule has 2 heterocycles. The molecule has 0 fully saturated rings. The first kappa shape index (κ1) is 10.8. The summed E-state index contributed by atoms with van der Waals surface area (Å²) in [6.45, 7) is 0.198. The molecule has 2 rings (SSSR count). The van der Waals surface area contributed by atoms with E-state index in [1.165, 1.54) is 0 Å². The summed E-state index contributed by atoms with van der Waals surface area (Å²) in [5, 5.41) is 8.70. The first-order valence-electron chi connectivity index (χ1n) is 5.26. The second-order valence-corrected chi connectivity index (χ2v) is 3.73. The number of imidazole rings is 1. The summed E-state index contributed by atoms with van der Waals surface area (Å²) in [7, 11) is 1.87. The standard InChI is InChI=1S/C10H15N5O/c1-15-6-12-8-9(11)13-7(14-10(8)15)4-2-3-5-16/h6,16H,2-5H2,1H3,(H2,11,13,14). The van der Waals surface area contributed by atoms with E-state index in [4.69, 9.17) is 10.8 Å². The van der Waals surface area contributed by atoms with E-state index in [1.807, 2.05) is 11.6 Å². The fourth-order valence-corrected chi connectivity index (χ4v) is 1.58. The Morgan fingerprint density at radius 2 is 2.19 bits per heavy atom. The number of rotatable bonds is 4.